The first-order valence-electron chi connectivity index (χ1n) is 9.35. The zero-order valence-corrected chi connectivity index (χ0v) is 15.5. The van der Waals surface area contributed by atoms with Gasteiger partial charge in [-0.15, -0.1) is 0 Å². The molecule has 3 aromatic rings. The third-order valence-electron chi connectivity index (χ3n) is 5.58. The highest BCUT2D eigenvalue weighted by atomic mass is 32.1. The Balaban J connectivity index is 1.45. The van der Waals surface area contributed by atoms with Crippen LogP contribution in [0.3, 0.4) is 0 Å². The van der Waals surface area contributed by atoms with E-state index in [1.807, 2.05) is 33.8 Å². The maximum atomic E-state index is 5.72. The molecule has 0 saturated heterocycles. The number of para-hydroxylation sites is 1. The van der Waals surface area contributed by atoms with Gasteiger partial charge in [-0.3, -0.25) is 9.47 Å². The van der Waals surface area contributed by atoms with Gasteiger partial charge in [-0.05, 0) is 61.2 Å². The lowest BCUT2D eigenvalue weighted by atomic mass is 10.1. The first-order valence-corrected chi connectivity index (χ1v) is 9.75. The van der Waals surface area contributed by atoms with Gasteiger partial charge in [0.15, 0.2) is 0 Å². The first-order chi connectivity index (χ1) is 12.8. The van der Waals surface area contributed by atoms with Crippen LogP contribution in [-0.4, -0.2) is 25.3 Å². The van der Waals surface area contributed by atoms with Crippen molar-refractivity contribution in [2.45, 2.75) is 44.4 Å². The van der Waals surface area contributed by atoms with Crippen molar-refractivity contribution in [1.29, 1.82) is 0 Å². The monoisotopic (exact) mass is 362 g/mol. The molecular weight excluding hydrogens is 340 g/mol. The Bertz CT molecular complexity index is 971. The molecule has 0 N–H and O–H groups in total. The summed E-state index contributed by atoms with van der Waals surface area (Å²) in [6, 6.07) is 20.2. The minimum atomic E-state index is 0.488. The van der Waals surface area contributed by atoms with Gasteiger partial charge in [0.1, 0.15) is 6.33 Å². The smallest absolute Gasteiger partial charge is 0.203 e. The van der Waals surface area contributed by atoms with E-state index in [0.717, 1.165) is 17.1 Å². The van der Waals surface area contributed by atoms with Crippen LogP contribution < -0.4 is 0 Å². The average Bonchev–Trinajstić information content (AvgIpc) is 3.34. The molecule has 1 saturated carbocycles. The fraction of sp³-hybridized carbons (Fsp3) is 0.333. The summed E-state index contributed by atoms with van der Waals surface area (Å²) in [5.41, 5.74) is 4.06. The van der Waals surface area contributed by atoms with Crippen molar-refractivity contribution >= 4 is 12.2 Å². The van der Waals surface area contributed by atoms with Gasteiger partial charge in [0, 0.05) is 17.8 Å². The summed E-state index contributed by atoms with van der Waals surface area (Å²) >= 11 is 5.72. The predicted octanol–water partition coefficient (Wildman–Crippen LogP) is 4.51. The molecule has 26 heavy (non-hydrogen) atoms. The average molecular weight is 363 g/mol. The number of hydrogen-bond donors (Lipinski definition) is 0. The molecule has 2 aliphatic carbocycles. The van der Waals surface area contributed by atoms with Crippen LogP contribution in [0.5, 0.6) is 0 Å². The summed E-state index contributed by atoms with van der Waals surface area (Å²) < 4.78 is 4.72. The fourth-order valence-corrected chi connectivity index (χ4v) is 4.37. The van der Waals surface area contributed by atoms with Crippen LogP contribution in [0.2, 0.25) is 0 Å². The molecule has 5 heteroatoms. The molecule has 1 fully saturated rings. The second-order valence-electron chi connectivity index (χ2n) is 7.26. The molecule has 0 aliphatic heterocycles. The van der Waals surface area contributed by atoms with Crippen LogP contribution in [0.4, 0.5) is 0 Å². The largest absolute Gasteiger partial charge is 0.275 e. The van der Waals surface area contributed by atoms with E-state index in [1.165, 1.54) is 36.8 Å². The number of benzene rings is 2. The van der Waals surface area contributed by atoms with Gasteiger partial charge in [0.2, 0.25) is 4.77 Å². The summed E-state index contributed by atoms with van der Waals surface area (Å²) in [5.74, 6) is 0. The number of rotatable bonds is 5. The Labute approximate surface area is 158 Å². The molecule has 0 radical (unpaired) electrons. The van der Waals surface area contributed by atoms with E-state index in [-0.39, 0.29) is 0 Å². The second kappa shape index (κ2) is 6.49. The van der Waals surface area contributed by atoms with Crippen molar-refractivity contribution < 1.29 is 0 Å². The van der Waals surface area contributed by atoms with Crippen LogP contribution in [-0.2, 0) is 13.1 Å². The van der Waals surface area contributed by atoms with Gasteiger partial charge < -0.3 is 0 Å². The van der Waals surface area contributed by atoms with Crippen LogP contribution in [0.25, 0.3) is 5.69 Å². The molecule has 0 bridgehead atoms. The van der Waals surface area contributed by atoms with Crippen molar-refractivity contribution in [3.05, 3.63) is 76.8 Å². The summed E-state index contributed by atoms with van der Waals surface area (Å²) in [6.07, 6.45) is 6.78. The molecule has 1 atom stereocenters. The lowest BCUT2D eigenvalue weighted by Crippen LogP contribution is -2.32. The van der Waals surface area contributed by atoms with Crippen molar-refractivity contribution in [3.63, 3.8) is 0 Å². The van der Waals surface area contributed by atoms with Gasteiger partial charge >= 0.3 is 0 Å². The molecule has 1 heterocycles. The summed E-state index contributed by atoms with van der Waals surface area (Å²) in [5, 5.41) is 4.60. The van der Waals surface area contributed by atoms with E-state index in [4.69, 9.17) is 12.2 Å². The molecule has 1 aromatic heterocycles. The number of hydrogen-bond acceptors (Lipinski definition) is 3. The quantitative estimate of drug-likeness (QED) is 0.625. The Morgan fingerprint density at radius 1 is 1.00 bits per heavy atom. The molecule has 4 nitrogen and oxygen atoms in total. The minimum Gasteiger partial charge on any atom is -0.275 e. The maximum Gasteiger partial charge on any atom is 0.203 e. The Kier molecular flexibility index (Phi) is 3.98. The number of aryl methyl sites for hydroxylation is 1. The van der Waals surface area contributed by atoms with Crippen molar-refractivity contribution in [2.75, 3.05) is 0 Å². The van der Waals surface area contributed by atoms with Crippen LogP contribution in [0, 0.1) is 4.77 Å². The van der Waals surface area contributed by atoms with Crippen LogP contribution in [0.1, 0.15) is 36.4 Å². The maximum absolute atomic E-state index is 5.72. The molecule has 132 valence electrons. The fourth-order valence-electron chi connectivity index (χ4n) is 4.11. The lowest BCUT2D eigenvalue weighted by Gasteiger charge is -2.29. The van der Waals surface area contributed by atoms with Gasteiger partial charge in [-0.25, -0.2) is 4.68 Å². The van der Waals surface area contributed by atoms with E-state index in [0.29, 0.717) is 12.1 Å². The SMILES string of the molecule is S=c1n(-c2ccccc2)cnn1CN(C1CC1)C1CCc2ccccc21. The molecule has 0 spiro atoms. The molecule has 0 amide bonds. The number of fused-ring (bicyclic) bond motifs is 1. The first kappa shape index (κ1) is 16.0. The van der Waals surface area contributed by atoms with Crippen LogP contribution >= 0.6 is 12.2 Å². The van der Waals surface area contributed by atoms with E-state index in [1.54, 1.807) is 0 Å². The Morgan fingerprint density at radius 2 is 1.77 bits per heavy atom. The van der Waals surface area contributed by atoms with Gasteiger partial charge in [0.25, 0.3) is 0 Å². The van der Waals surface area contributed by atoms with E-state index >= 15 is 0 Å². The Morgan fingerprint density at radius 3 is 2.58 bits per heavy atom. The standard InChI is InChI=1S/C21H22N4S/c26-21-23(17-7-2-1-3-8-17)14-22-25(21)15-24(18-11-12-18)20-13-10-16-6-4-5-9-19(16)20/h1-9,14,18,20H,10-13,15H2. The molecule has 2 aromatic carbocycles. The van der Waals surface area contributed by atoms with Crippen molar-refractivity contribution in [2.24, 2.45) is 0 Å². The zero-order chi connectivity index (χ0) is 17.5. The number of nitrogens with zero attached hydrogens (tertiary/aromatic N) is 4. The zero-order valence-electron chi connectivity index (χ0n) is 14.7. The highest BCUT2D eigenvalue weighted by Gasteiger charge is 2.37. The molecular formula is C21H22N4S. The van der Waals surface area contributed by atoms with Gasteiger partial charge in [-0.1, -0.05) is 42.5 Å². The second-order valence-corrected chi connectivity index (χ2v) is 7.62. The molecule has 1 unspecified atom stereocenters. The van der Waals surface area contributed by atoms with E-state index in [2.05, 4.69) is 46.4 Å². The summed E-state index contributed by atoms with van der Waals surface area (Å²) in [6.45, 7) is 0.766. The highest BCUT2D eigenvalue weighted by Crippen LogP contribution is 2.41. The molecule has 2 aliphatic rings. The lowest BCUT2D eigenvalue weighted by molar-refractivity contribution is 0.131. The van der Waals surface area contributed by atoms with Gasteiger partial charge in [0.05, 0.1) is 6.67 Å². The van der Waals surface area contributed by atoms with Crippen molar-refractivity contribution in [3.8, 4) is 5.69 Å². The molecule has 5 rings (SSSR count). The minimum absolute atomic E-state index is 0.488. The third-order valence-corrected chi connectivity index (χ3v) is 5.99. The topological polar surface area (TPSA) is 26.0 Å². The highest BCUT2D eigenvalue weighted by molar-refractivity contribution is 7.71. The van der Waals surface area contributed by atoms with E-state index < -0.39 is 0 Å². The Hall–Kier alpha value is -2.24. The number of aromatic nitrogens is 3. The van der Waals surface area contributed by atoms with Crippen LogP contribution in [0.15, 0.2) is 60.9 Å². The van der Waals surface area contributed by atoms with E-state index in [9.17, 15) is 0 Å². The normalized spacial score (nSPS) is 19.0. The summed E-state index contributed by atoms with van der Waals surface area (Å²) in [7, 11) is 0. The third kappa shape index (κ3) is 2.81. The van der Waals surface area contributed by atoms with Gasteiger partial charge in [-0.2, -0.15) is 5.10 Å². The van der Waals surface area contributed by atoms with Crippen molar-refractivity contribution in [1.82, 2.24) is 19.2 Å². The predicted molar refractivity (Wildman–Crippen MR) is 105 cm³/mol. The summed E-state index contributed by atoms with van der Waals surface area (Å²) in [4.78, 5) is 2.62.